The van der Waals surface area contributed by atoms with Crippen molar-refractivity contribution in [1.29, 1.82) is 0 Å². The molecule has 150 valence electrons. The highest BCUT2D eigenvalue weighted by Gasteiger charge is 2.17. The predicted molar refractivity (Wildman–Crippen MR) is 116 cm³/mol. The first-order valence-electron chi connectivity index (χ1n) is 9.87. The number of amides is 1. The molecule has 5 nitrogen and oxygen atoms in total. The van der Waals surface area contributed by atoms with Crippen LogP contribution in [0.4, 0.5) is 5.69 Å². The number of carbonyl (C=O) groups excluding carboxylic acids is 1. The minimum Gasteiger partial charge on any atom is -0.325 e. The number of nitrogens with zero attached hydrogens (tertiary/aromatic N) is 3. The molecule has 1 aliphatic carbocycles. The molecule has 0 radical (unpaired) electrons. The molecule has 7 heteroatoms. The van der Waals surface area contributed by atoms with Crippen LogP contribution >= 0.6 is 23.4 Å². The van der Waals surface area contributed by atoms with E-state index in [2.05, 4.69) is 26.7 Å². The van der Waals surface area contributed by atoms with Crippen molar-refractivity contribution in [2.45, 2.75) is 56.6 Å². The number of benzene rings is 1. The standard InChI is InChI=1S/C21H27ClN4OS/c1-2-14-26-19(13-8-16-6-4-3-5-7-16)24-25-21(26)28-15-20(27)23-18-11-9-17(22)10-12-18/h2,9-12,16H,1,3-8,13-15H2,(H,23,27). The monoisotopic (exact) mass is 418 g/mol. The van der Waals surface area contributed by atoms with Gasteiger partial charge in [0, 0.05) is 23.7 Å². The third kappa shape index (κ3) is 6.11. The highest BCUT2D eigenvalue weighted by Crippen LogP contribution is 2.28. The van der Waals surface area contributed by atoms with E-state index in [1.54, 1.807) is 24.3 Å². The van der Waals surface area contributed by atoms with Crippen LogP contribution in [0.1, 0.15) is 44.3 Å². The summed E-state index contributed by atoms with van der Waals surface area (Å²) < 4.78 is 2.08. The predicted octanol–water partition coefficient (Wildman–Crippen LogP) is 5.36. The lowest BCUT2D eigenvalue weighted by Crippen LogP contribution is -2.15. The lowest BCUT2D eigenvalue weighted by Gasteiger charge is -2.21. The molecule has 1 heterocycles. The number of aromatic nitrogens is 3. The molecule has 0 saturated heterocycles. The molecular formula is C21H27ClN4OS. The molecule has 0 spiro atoms. The van der Waals surface area contributed by atoms with E-state index in [0.717, 1.165) is 35.4 Å². The Bertz CT molecular complexity index is 784. The normalized spacial score (nSPS) is 14.8. The van der Waals surface area contributed by atoms with E-state index in [9.17, 15) is 4.79 Å². The van der Waals surface area contributed by atoms with Gasteiger partial charge in [0.1, 0.15) is 5.82 Å². The Morgan fingerprint density at radius 1 is 1.25 bits per heavy atom. The van der Waals surface area contributed by atoms with Gasteiger partial charge >= 0.3 is 0 Å². The molecule has 1 aliphatic rings. The van der Waals surface area contributed by atoms with Crippen LogP contribution in [-0.4, -0.2) is 26.4 Å². The van der Waals surface area contributed by atoms with Crippen molar-refractivity contribution < 1.29 is 4.79 Å². The van der Waals surface area contributed by atoms with Crippen LogP contribution in [0.25, 0.3) is 0 Å². The Morgan fingerprint density at radius 2 is 2.00 bits per heavy atom. The fourth-order valence-corrected chi connectivity index (χ4v) is 4.49. The quantitative estimate of drug-likeness (QED) is 0.439. The molecule has 0 bridgehead atoms. The zero-order valence-electron chi connectivity index (χ0n) is 16.1. The molecule has 0 aliphatic heterocycles. The molecule has 1 amide bonds. The SMILES string of the molecule is C=CCn1c(CCC2CCCCC2)nnc1SCC(=O)Nc1ccc(Cl)cc1. The van der Waals surface area contributed by atoms with Gasteiger partial charge in [0.2, 0.25) is 5.91 Å². The summed E-state index contributed by atoms with van der Waals surface area (Å²) in [6.45, 7) is 4.51. The van der Waals surface area contributed by atoms with E-state index >= 15 is 0 Å². The van der Waals surface area contributed by atoms with Crippen LogP contribution in [0.15, 0.2) is 42.1 Å². The van der Waals surface area contributed by atoms with Crippen LogP contribution in [0, 0.1) is 5.92 Å². The molecule has 1 saturated carbocycles. The van der Waals surface area contributed by atoms with Crippen LogP contribution in [0.2, 0.25) is 5.02 Å². The van der Waals surface area contributed by atoms with E-state index in [4.69, 9.17) is 11.6 Å². The van der Waals surface area contributed by atoms with Gasteiger partial charge < -0.3 is 9.88 Å². The number of allylic oxidation sites excluding steroid dienone is 1. The van der Waals surface area contributed by atoms with E-state index in [1.165, 1.54) is 43.9 Å². The summed E-state index contributed by atoms with van der Waals surface area (Å²) in [6.07, 6.45) is 10.7. The maximum absolute atomic E-state index is 12.2. The third-order valence-corrected chi connectivity index (χ3v) is 6.29. The molecule has 3 rings (SSSR count). The number of carbonyl (C=O) groups is 1. The van der Waals surface area contributed by atoms with Gasteiger partial charge in [-0.2, -0.15) is 0 Å². The van der Waals surface area contributed by atoms with Crippen molar-refractivity contribution in [3.05, 3.63) is 47.8 Å². The Morgan fingerprint density at radius 3 is 2.71 bits per heavy atom. The number of thioether (sulfide) groups is 1. The summed E-state index contributed by atoms with van der Waals surface area (Å²) in [4.78, 5) is 12.2. The van der Waals surface area contributed by atoms with Gasteiger partial charge in [-0.25, -0.2) is 0 Å². The average Bonchev–Trinajstić information content (AvgIpc) is 3.09. The topological polar surface area (TPSA) is 59.8 Å². The van der Waals surface area contributed by atoms with Gasteiger partial charge in [0.15, 0.2) is 5.16 Å². The Labute approximate surface area is 176 Å². The lowest BCUT2D eigenvalue weighted by atomic mass is 9.86. The molecule has 0 atom stereocenters. The maximum Gasteiger partial charge on any atom is 0.234 e. The van der Waals surface area contributed by atoms with E-state index in [-0.39, 0.29) is 11.7 Å². The number of anilines is 1. The first-order chi connectivity index (χ1) is 13.7. The fraction of sp³-hybridized carbons (Fsp3) is 0.476. The fourth-order valence-electron chi connectivity index (χ4n) is 3.59. The largest absolute Gasteiger partial charge is 0.325 e. The second-order valence-corrected chi connectivity index (χ2v) is 8.56. The highest BCUT2D eigenvalue weighted by atomic mass is 35.5. The zero-order valence-corrected chi connectivity index (χ0v) is 17.6. The van der Waals surface area contributed by atoms with Crippen molar-refractivity contribution >= 4 is 35.0 Å². The summed E-state index contributed by atoms with van der Waals surface area (Å²) in [5.41, 5.74) is 0.732. The van der Waals surface area contributed by atoms with E-state index in [1.807, 2.05) is 6.08 Å². The smallest absolute Gasteiger partial charge is 0.234 e. The van der Waals surface area contributed by atoms with Crippen LogP contribution < -0.4 is 5.32 Å². The van der Waals surface area contributed by atoms with Crippen molar-refractivity contribution in [2.24, 2.45) is 5.92 Å². The number of hydrogen-bond acceptors (Lipinski definition) is 4. The van der Waals surface area contributed by atoms with Crippen LogP contribution in [0.3, 0.4) is 0 Å². The van der Waals surface area contributed by atoms with Crippen molar-refractivity contribution in [1.82, 2.24) is 14.8 Å². The molecule has 1 aromatic carbocycles. The molecule has 1 aromatic heterocycles. The van der Waals surface area contributed by atoms with Crippen LogP contribution in [0.5, 0.6) is 0 Å². The molecule has 1 fully saturated rings. The number of halogens is 1. The van der Waals surface area contributed by atoms with Gasteiger partial charge in [0.25, 0.3) is 0 Å². The summed E-state index contributed by atoms with van der Waals surface area (Å²) in [6, 6.07) is 7.08. The Hall–Kier alpha value is -1.79. The van der Waals surface area contributed by atoms with Gasteiger partial charge in [-0.15, -0.1) is 16.8 Å². The van der Waals surface area contributed by atoms with Crippen molar-refractivity contribution in [3.63, 3.8) is 0 Å². The molecule has 0 unspecified atom stereocenters. The number of nitrogens with one attached hydrogen (secondary N) is 1. The van der Waals surface area contributed by atoms with Gasteiger partial charge in [-0.05, 0) is 36.6 Å². The number of hydrogen-bond donors (Lipinski definition) is 1. The van der Waals surface area contributed by atoms with Crippen molar-refractivity contribution in [3.8, 4) is 0 Å². The van der Waals surface area contributed by atoms with Gasteiger partial charge in [0.05, 0.1) is 5.75 Å². The molecule has 28 heavy (non-hydrogen) atoms. The summed E-state index contributed by atoms with van der Waals surface area (Å²) in [5, 5.41) is 13.0. The minimum absolute atomic E-state index is 0.0794. The van der Waals surface area contributed by atoms with E-state index in [0.29, 0.717) is 11.6 Å². The summed E-state index contributed by atoms with van der Waals surface area (Å²) in [5.74, 6) is 2.00. The number of rotatable bonds is 9. The average molecular weight is 419 g/mol. The molecule has 2 aromatic rings. The summed E-state index contributed by atoms with van der Waals surface area (Å²) in [7, 11) is 0. The van der Waals surface area contributed by atoms with Crippen LogP contribution in [-0.2, 0) is 17.8 Å². The molecular weight excluding hydrogens is 392 g/mol. The zero-order chi connectivity index (χ0) is 19.8. The number of aryl methyl sites for hydroxylation is 1. The first kappa shape index (κ1) is 20.9. The van der Waals surface area contributed by atoms with E-state index < -0.39 is 0 Å². The lowest BCUT2D eigenvalue weighted by molar-refractivity contribution is -0.113. The minimum atomic E-state index is -0.0794. The Balaban J connectivity index is 1.55. The first-order valence-corrected chi connectivity index (χ1v) is 11.2. The van der Waals surface area contributed by atoms with Gasteiger partial charge in [-0.3, -0.25) is 4.79 Å². The van der Waals surface area contributed by atoms with Gasteiger partial charge in [-0.1, -0.05) is 61.5 Å². The van der Waals surface area contributed by atoms with Crippen molar-refractivity contribution in [2.75, 3.05) is 11.1 Å². The second-order valence-electron chi connectivity index (χ2n) is 7.18. The molecule has 1 N–H and O–H groups in total. The third-order valence-electron chi connectivity index (χ3n) is 5.07. The maximum atomic E-state index is 12.2. The Kier molecular flexibility index (Phi) is 7.98. The highest BCUT2D eigenvalue weighted by molar-refractivity contribution is 7.99. The summed E-state index contributed by atoms with van der Waals surface area (Å²) >= 11 is 7.27. The second kappa shape index (κ2) is 10.7.